The number of halogens is 2. The molecule has 0 spiro atoms. The van der Waals surface area contributed by atoms with Gasteiger partial charge in [-0.1, -0.05) is 0 Å². The summed E-state index contributed by atoms with van der Waals surface area (Å²) in [6.07, 6.45) is 1.03. The highest BCUT2D eigenvalue weighted by Gasteiger charge is 2.42. The topological polar surface area (TPSA) is 64.7 Å². The number of carbonyl (C=O) groups is 2. The molecule has 2 heterocycles. The van der Waals surface area contributed by atoms with Crippen molar-refractivity contribution >= 4 is 11.8 Å². The van der Waals surface area contributed by atoms with Gasteiger partial charge in [-0.25, -0.2) is 8.78 Å². The van der Waals surface area contributed by atoms with Crippen molar-refractivity contribution in [2.24, 2.45) is 0 Å². The van der Waals surface area contributed by atoms with Crippen LogP contribution in [0.5, 0.6) is 0 Å². The van der Waals surface area contributed by atoms with Gasteiger partial charge in [-0.2, -0.15) is 0 Å². The van der Waals surface area contributed by atoms with Crippen LogP contribution in [0.4, 0.5) is 8.78 Å². The first-order valence-electron chi connectivity index (χ1n) is 7.61. The van der Waals surface area contributed by atoms with Gasteiger partial charge in [-0.3, -0.25) is 19.8 Å². The lowest BCUT2D eigenvalue weighted by molar-refractivity contribution is -0.130. The largest absolute Gasteiger partial charge is 0.352 e. The van der Waals surface area contributed by atoms with Crippen LogP contribution in [0.2, 0.25) is 0 Å². The van der Waals surface area contributed by atoms with Gasteiger partial charge in [-0.15, -0.1) is 0 Å². The Labute approximate surface area is 129 Å². The third-order valence-electron chi connectivity index (χ3n) is 4.22. The van der Waals surface area contributed by atoms with Crippen molar-refractivity contribution in [2.45, 2.75) is 37.3 Å². The van der Waals surface area contributed by atoms with Crippen LogP contribution in [-0.4, -0.2) is 79.9 Å². The molecule has 2 rings (SSSR count). The van der Waals surface area contributed by atoms with E-state index in [4.69, 9.17) is 0 Å². The summed E-state index contributed by atoms with van der Waals surface area (Å²) in [4.78, 5) is 27.2. The Morgan fingerprint density at radius 2 is 1.95 bits per heavy atom. The number of amides is 2. The van der Waals surface area contributed by atoms with E-state index in [9.17, 15) is 18.4 Å². The third kappa shape index (κ3) is 4.61. The summed E-state index contributed by atoms with van der Waals surface area (Å²) in [6.45, 7) is 1.39. The Morgan fingerprint density at radius 1 is 1.32 bits per heavy atom. The molecule has 0 aromatic rings. The van der Waals surface area contributed by atoms with Gasteiger partial charge in [-0.05, 0) is 12.8 Å². The number of alkyl halides is 2. The molecule has 1 unspecified atom stereocenters. The molecule has 0 aromatic carbocycles. The van der Waals surface area contributed by atoms with Crippen molar-refractivity contribution in [3.8, 4) is 0 Å². The lowest BCUT2D eigenvalue weighted by atomic mass is 10.0. The zero-order valence-corrected chi connectivity index (χ0v) is 13.1. The summed E-state index contributed by atoms with van der Waals surface area (Å²) >= 11 is 0. The molecule has 0 saturated carbocycles. The van der Waals surface area contributed by atoms with E-state index in [1.165, 1.54) is 0 Å². The highest BCUT2D eigenvalue weighted by molar-refractivity contribution is 5.82. The van der Waals surface area contributed by atoms with Crippen LogP contribution in [0.15, 0.2) is 0 Å². The number of carbonyl (C=O) groups excluding carboxylic acids is 2. The minimum Gasteiger partial charge on any atom is -0.352 e. The quantitative estimate of drug-likeness (QED) is 0.744. The predicted octanol–water partition coefficient (Wildman–Crippen LogP) is -0.348. The second-order valence-electron chi connectivity index (χ2n) is 6.34. The molecule has 2 aliphatic rings. The summed E-state index contributed by atoms with van der Waals surface area (Å²) in [5.74, 6) is -3.09. The smallest absolute Gasteiger partial charge is 0.262 e. The van der Waals surface area contributed by atoms with Crippen molar-refractivity contribution in [3.63, 3.8) is 0 Å². The first-order valence-corrected chi connectivity index (χ1v) is 7.61. The zero-order valence-electron chi connectivity index (χ0n) is 13.1. The van der Waals surface area contributed by atoms with Gasteiger partial charge in [0.05, 0.1) is 19.1 Å². The number of nitrogens with one attached hydrogen (secondary N) is 2. The molecule has 0 aromatic heterocycles. The Hall–Kier alpha value is -1.28. The number of likely N-dealkylation sites (tertiary alicyclic amines) is 1. The fourth-order valence-corrected chi connectivity index (χ4v) is 2.77. The number of hydrogen-bond acceptors (Lipinski definition) is 4. The Morgan fingerprint density at radius 3 is 2.45 bits per heavy atom. The van der Waals surface area contributed by atoms with Crippen molar-refractivity contribution in [1.29, 1.82) is 0 Å². The van der Waals surface area contributed by atoms with Crippen molar-refractivity contribution in [3.05, 3.63) is 0 Å². The number of rotatable bonds is 4. The average molecular weight is 318 g/mol. The molecule has 2 fully saturated rings. The van der Waals surface area contributed by atoms with Gasteiger partial charge >= 0.3 is 0 Å². The molecule has 22 heavy (non-hydrogen) atoms. The van der Waals surface area contributed by atoms with Crippen LogP contribution in [0, 0.1) is 0 Å². The van der Waals surface area contributed by atoms with E-state index in [2.05, 4.69) is 10.6 Å². The zero-order chi connectivity index (χ0) is 16.3. The molecular weight excluding hydrogens is 294 g/mol. The maximum Gasteiger partial charge on any atom is 0.262 e. The maximum atomic E-state index is 13.1. The van der Waals surface area contributed by atoms with Crippen LogP contribution >= 0.6 is 0 Å². The van der Waals surface area contributed by atoms with Crippen LogP contribution < -0.4 is 10.6 Å². The Balaban J connectivity index is 1.71. The molecule has 1 atom stereocenters. The summed E-state index contributed by atoms with van der Waals surface area (Å²) in [5, 5.41) is 5.40. The van der Waals surface area contributed by atoms with E-state index in [1.807, 2.05) is 4.90 Å². The van der Waals surface area contributed by atoms with Gasteiger partial charge in [0.2, 0.25) is 11.8 Å². The molecule has 6 nitrogen and oxygen atoms in total. The molecule has 2 aliphatic heterocycles. The van der Waals surface area contributed by atoms with Crippen LogP contribution in [-0.2, 0) is 9.59 Å². The third-order valence-corrected chi connectivity index (χ3v) is 4.22. The average Bonchev–Trinajstić information content (AvgIpc) is 2.81. The lowest BCUT2D eigenvalue weighted by Crippen LogP contribution is -2.50. The molecule has 2 N–H and O–H groups in total. The summed E-state index contributed by atoms with van der Waals surface area (Å²) in [6, 6.07) is -0.808. The molecule has 0 bridgehead atoms. The maximum absolute atomic E-state index is 13.1. The van der Waals surface area contributed by atoms with Crippen molar-refractivity contribution in [1.82, 2.24) is 20.4 Å². The summed E-state index contributed by atoms with van der Waals surface area (Å²) < 4.78 is 26.2. The van der Waals surface area contributed by atoms with Crippen LogP contribution in [0.1, 0.15) is 19.3 Å². The Kier molecular flexibility index (Phi) is 5.33. The van der Waals surface area contributed by atoms with Gasteiger partial charge in [0.1, 0.15) is 0 Å². The monoisotopic (exact) mass is 318 g/mol. The minimum absolute atomic E-state index is 0.00534. The Bertz CT molecular complexity index is 423. The lowest BCUT2D eigenvalue weighted by Gasteiger charge is -2.32. The fraction of sp³-hybridized carbons (Fsp3) is 0.857. The van der Waals surface area contributed by atoms with E-state index in [-0.39, 0.29) is 17.9 Å². The number of hydrogen-bond donors (Lipinski definition) is 2. The first-order chi connectivity index (χ1) is 10.3. The molecule has 8 heteroatoms. The summed E-state index contributed by atoms with van der Waals surface area (Å²) in [7, 11) is 3.44. The van der Waals surface area contributed by atoms with Gasteiger partial charge in [0, 0.05) is 39.6 Å². The number of piperidine rings is 1. The van der Waals surface area contributed by atoms with Gasteiger partial charge in [0.25, 0.3) is 5.92 Å². The molecule has 2 amide bonds. The molecule has 126 valence electrons. The van der Waals surface area contributed by atoms with Crippen molar-refractivity contribution in [2.75, 3.05) is 40.3 Å². The van der Waals surface area contributed by atoms with E-state index in [0.29, 0.717) is 6.54 Å². The fourth-order valence-electron chi connectivity index (χ4n) is 2.77. The van der Waals surface area contributed by atoms with E-state index < -0.39 is 24.9 Å². The predicted molar refractivity (Wildman–Crippen MR) is 77.7 cm³/mol. The highest BCUT2D eigenvalue weighted by atomic mass is 19.3. The molecule has 0 aliphatic carbocycles. The van der Waals surface area contributed by atoms with E-state index >= 15 is 0 Å². The minimum atomic E-state index is -2.79. The number of nitrogens with zero attached hydrogens (tertiary/aromatic N) is 2. The van der Waals surface area contributed by atoms with E-state index in [1.54, 1.807) is 19.0 Å². The van der Waals surface area contributed by atoms with Gasteiger partial charge in [0.15, 0.2) is 0 Å². The van der Waals surface area contributed by atoms with Crippen molar-refractivity contribution < 1.29 is 18.4 Å². The first kappa shape index (κ1) is 17.1. The van der Waals surface area contributed by atoms with Crippen LogP contribution in [0.25, 0.3) is 0 Å². The van der Waals surface area contributed by atoms with Crippen LogP contribution in [0.3, 0.4) is 0 Å². The molecule has 0 radical (unpaired) electrons. The van der Waals surface area contributed by atoms with Gasteiger partial charge < -0.3 is 10.2 Å². The molecular formula is C14H24F2N4O2. The second-order valence-corrected chi connectivity index (χ2v) is 6.34. The second kappa shape index (κ2) is 6.87. The highest BCUT2D eigenvalue weighted by Crippen LogP contribution is 2.25. The molecule has 2 saturated heterocycles. The SMILES string of the molecule is CN(C)C(=O)CN1CCC(NC(=O)C2CC(F)(F)CN2)CC1. The summed E-state index contributed by atoms with van der Waals surface area (Å²) in [5.41, 5.74) is 0. The number of likely N-dealkylation sites (N-methyl/N-ethyl adjacent to an activating group) is 1. The van der Waals surface area contributed by atoms with E-state index in [0.717, 1.165) is 25.9 Å². The standard InChI is InChI=1S/C14H24F2N4O2/c1-19(2)12(21)8-20-5-3-10(4-6-20)18-13(22)11-7-14(15,16)9-17-11/h10-11,17H,3-9H2,1-2H3,(H,18,22). The normalized spacial score (nSPS) is 25.9.